The highest BCUT2D eigenvalue weighted by atomic mass is 32.2. The Kier molecular flexibility index (Phi) is 7.64. The van der Waals surface area contributed by atoms with E-state index in [-0.39, 0.29) is 22.3 Å². The number of amides is 1. The summed E-state index contributed by atoms with van der Waals surface area (Å²) in [7, 11) is -3.97. The Morgan fingerprint density at radius 1 is 1.19 bits per heavy atom. The first-order valence-corrected chi connectivity index (χ1v) is 11.7. The molecule has 0 saturated carbocycles. The number of carbonyl (C=O) groups is 1. The van der Waals surface area contributed by atoms with Crippen LogP contribution in [0.3, 0.4) is 0 Å². The van der Waals surface area contributed by atoms with Gasteiger partial charge in [0, 0.05) is 26.2 Å². The number of anilines is 1. The average Bonchev–Trinajstić information content (AvgIpc) is 2.72. The number of para-hydroxylation sites is 1. The summed E-state index contributed by atoms with van der Waals surface area (Å²) >= 11 is 0. The molecule has 1 fully saturated rings. The largest absolute Gasteiger partial charge is 0.374 e. The molecule has 3 rings (SSSR count). The summed E-state index contributed by atoms with van der Waals surface area (Å²) < 4.78 is 46.5. The van der Waals surface area contributed by atoms with E-state index in [0.717, 1.165) is 31.8 Å². The molecule has 2 aromatic rings. The molecule has 2 aromatic carbocycles. The second kappa shape index (κ2) is 10.2. The molecule has 1 saturated heterocycles. The van der Waals surface area contributed by atoms with Crippen LogP contribution in [0.4, 0.5) is 10.1 Å². The van der Waals surface area contributed by atoms with Crippen molar-refractivity contribution in [2.75, 3.05) is 37.5 Å². The lowest BCUT2D eigenvalue weighted by Crippen LogP contribution is -2.48. The topological polar surface area (TPSA) is 87.7 Å². The number of benzene rings is 2. The van der Waals surface area contributed by atoms with Crippen molar-refractivity contribution in [1.82, 2.24) is 10.2 Å². The van der Waals surface area contributed by atoms with Crippen molar-refractivity contribution in [3.63, 3.8) is 0 Å². The third-order valence-electron chi connectivity index (χ3n) is 4.88. The fourth-order valence-electron chi connectivity index (χ4n) is 3.48. The van der Waals surface area contributed by atoms with Crippen molar-refractivity contribution in [1.29, 1.82) is 0 Å². The van der Waals surface area contributed by atoms with E-state index in [0.29, 0.717) is 19.1 Å². The Morgan fingerprint density at radius 3 is 2.61 bits per heavy atom. The van der Waals surface area contributed by atoms with Gasteiger partial charge in [-0.15, -0.1) is 0 Å². The first kappa shape index (κ1) is 23.2. The molecule has 1 aliphatic rings. The van der Waals surface area contributed by atoms with E-state index in [1.54, 1.807) is 18.2 Å². The Bertz CT molecular complexity index is 996. The number of nitrogens with one attached hydrogen (secondary N) is 2. The SMILES string of the molecule is CC(C)CN1CCO[C@H](CNC(=O)c2ccccc2NS(=O)(=O)c2ccc(F)cc2)C1. The molecule has 0 radical (unpaired) electrons. The minimum atomic E-state index is -3.97. The Hall–Kier alpha value is -2.49. The van der Waals surface area contributed by atoms with E-state index in [4.69, 9.17) is 4.74 Å². The van der Waals surface area contributed by atoms with E-state index in [1.165, 1.54) is 18.2 Å². The number of hydrogen-bond acceptors (Lipinski definition) is 5. The molecule has 0 bridgehead atoms. The van der Waals surface area contributed by atoms with Gasteiger partial charge in [-0.1, -0.05) is 26.0 Å². The molecule has 1 amide bonds. The predicted octanol–water partition coefficient (Wildman–Crippen LogP) is 2.71. The van der Waals surface area contributed by atoms with E-state index in [9.17, 15) is 17.6 Å². The van der Waals surface area contributed by atoms with Crippen LogP contribution in [0.2, 0.25) is 0 Å². The van der Waals surface area contributed by atoms with E-state index in [2.05, 4.69) is 28.8 Å². The van der Waals surface area contributed by atoms with Gasteiger partial charge in [0.05, 0.1) is 28.9 Å². The van der Waals surface area contributed by atoms with Crippen LogP contribution in [-0.4, -0.2) is 58.1 Å². The highest BCUT2D eigenvalue weighted by Gasteiger charge is 2.23. The molecule has 2 N–H and O–H groups in total. The van der Waals surface area contributed by atoms with Gasteiger partial charge in [0.15, 0.2) is 0 Å². The Balaban J connectivity index is 1.65. The summed E-state index contributed by atoms with van der Waals surface area (Å²) in [5, 5.41) is 2.84. The van der Waals surface area contributed by atoms with Crippen LogP contribution in [0.5, 0.6) is 0 Å². The molecule has 168 valence electrons. The molecule has 1 aliphatic heterocycles. The van der Waals surface area contributed by atoms with E-state index in [1.807, 2.05) is 0 Å². The predicted molar refractivity (Wildman–Crippen MR) is 117 cm³/mol. The van der Waals surface area contributed by atoms with Gasteiger partial charge >= 0.3 is 0 Å². The van der Waals surface area contributed by atoms with Gasteiger partial charge in [0.2, 0.25) is 0 Å². The van der Waals surface area contributed by atoms with Gasteiger partial charge in [-0.05, 0) is 42.3 Å². The van der Waals surface area contributed by atoms with Crippen LogP contribution in [0.1, 0.15) is 24.2 Å². The second-order valence-electron chi connectivity index (χ2n) is 7.96. The third-order valence-corrected chi connectivity index (χ3v) is 6.26. The van der Waals surface area contributed by atoms with E-state index < -0.39 is 21.7 Å². The number of morpholine rings is 1. The lowest BCUT2D eigenvalue weighted by atomic mass is 10.1. The summed E-state index contributed by atoms with van der Waals surface area (Å²) in [6, 6.07) is 10.8. The van der Waals surface area contributed by atoms with Gasteiger partial charge in [0.25, 0.3) is 15.9 Å². The molecule has 0 aromatic heterocycles. The normalized spacial score (nSPS) is 17.5. The van der Waals surface area contributed by atoms with Gasteiger partial charge in [0.1, 0.15) is 5.82 Å². The number of hydrogen-bond donors (Lipinski definition) is 2. The smallest absolute Gasteiger partial charge is 0.261 e. The summed E-state index contributed by atoms with van der Waals surface area (Å²) in [6.07, 6.45) is -0.125. The number of carbonyl (C=O) groups excluding carboxylic acids is 1. The monoisotopic (exact) mass is 449 g/mol. The van der Waals surface area contributed by atoms with Crippen LogP contribution in [0, 0.1) is 11.7 Å². The quantitative estimate of drug-likeness (QED) is 0.647. The molecule has 0 unspecified atom stereocenters. The number of nitrogens with zero attached hydrogens (tertiary/aromatic N) is 1. The number of halogens is 1. The van der Waals surface area contributed by atoms with Crippen molar-refractivity contribution in [2.45, 2.75) is 24.8 Å². The molecule has 0 aliphatic carbocycles. The first-order valence-electron chi connectivity index (χ1n) is 10.2. The van der Waals surface area contributed by atoms with Crippen molar-refractivity contribution >= 4 is 21.6 Å². The van der Waals surface area contributed by atoms with Crippen LogP contribution in [0.15, 0.2) is 53.4 Å². The molecule has 1 heterocycles. The van der Waals surface area contributed by atoms with Crippen molar-refractivity contribution < 1.29 is 22.3 Å². The maximum absolute atomic E-state index is 13.1. The molecule has 31 heavy (non-hydrogen) atoms. The van der Waals surface area contributed by atoms with Gasteiger partial charge in [-0.2, -0.15) is 0 Å². The van der Waals surface area contributed by atoms with E-state index >= 15 is 0 Å². The molecule has 0 spiro atoms. The van der Waals surface area contributed by atoms with Crippen molar-refractivity contribution in [2.24, 2.45) is 5.92 Å². The molecular formula is C22H28FN3O4S. The molecule has 9 heteroatoms. The lowest BCUT2D eigenvalue weighted by Gasteiger charge is -2.34. The Labute approximate surface area is 182 Å². The van der Waals surface area contributed by atoms with Gasteiger partial charge in [-0.3, -0.25) is 14.4 Å². The van der Waals surface area contributed by atoms with Crippen molar-refractivity contribution in [3.05, 3.63) is 59.9 Å². The van der Waals surface area contributed by atoms with Gasteiger partial charge in [-0.25, -0.2) is 12.8 Å². The first-order chi connectivity index (χ1) is 14.7. The second-order valence-corrected chi connectivity index (χ2v) is 9.64. The van der Waals surface area contributed by atoms with Gasteiger partial charge < -0.3 is 10.1 Å². The number of ether oxygens (including phenoxy) is 1. The van der Waals surface area contributed by atoms with Crippen LogP contribution in [-0.2, 0) is 14.8 Å². The maximum atomic E-state index is 13.1. The van der Waals surface area contributed by atoms with Crippen LogP contribution in [0.25, 0.3) is 0 Å². The fourth-order valence-corrected chi connectivity index (χ4v) is 4.56. The van der Waals surface area contributed by atoms with Crippen LogP contribution < -0.4 is 10.0 Å². The lowest BCUT2D eigenvalue weighted by molar-refractivity contribution is -0.0295. The summed E-state index contributed by atoms with van der Waals surface area (Å²) in [4.78, 5) is 15.0. The fraction of sp³-hybridized carbons (Fsp3) is 0.409. The minimum Gasteiger partial charge on any atom is -0.374 e. The summed E-state index contributed by atoms with van der Waals surface area (Å²) in [5.74, 6) is -0.382. The molecule has 7 nitrogen and oxygen atoms in total. The standard InChI is InChI=1S/C22H28FN3O4S/c1-16(2)14-26-11-12-30-18(15-26)13-24-22(27)20-5-3-4-6-21(20)25-31(28,29)19-9-7-17(23)8-10-19/h3-10,16,18,25H,11-15H2,1-2H3,(H,24,27)/t18-/m1/s1. The zero-order valence-electron chi connectivity index (χ0n) is 17.7. The molecular weight excluding hydrogens is 421 g/mol. The number of sulfonamides is 1. The minimum absolute atomic E-state index is 0.0926. The summed E-state index contributed by atoms with van der Waals surface area (Å²) in [5.41, 5.74) is 0.346. The average molecular weight is 450 g/mol. The number of rotatable bonds is 8. The molecule has 1 atom stereocenters. The zero-order chi connectivity index (χ0) is 22.4. The third kappa shape index (κ3) is 6.49. The Morgan fingerprint density at radius 2 is 1.90 bits per heavy atom. The maximum Gasteiger partial charge on any atom is 0.261 e. The van der Waals surface area contributed by atoms with Crippen LogP contribution >= 0.6 is 0 Å². The summed E-state index contributed by atoms with van der Waals surface area (Å²) in [6.45, 7) is 7.84. The zero-order valence-corrected chi connectivity index (χ0v) is 18.5. The highest BCUT2D eigenvalue weighted by Crippen LogP contribution is 2.20. The van der Waals surface area contributed by atoms with Crippen molar-refractivity contribution in [3.8, 4) is 0 Å². The highest BCUT2D eigenvalue weighted by molar-refractivity contribution is 7.92.